The average Bonchev–Trinajstić information content (AvgIpc) is 2.80. The molecule has 1 heterocycles. The summed E-state index contributed by atoms with van der Waals surface area (Å²) in [5.41, 5.74) is 5.95. The molecule has 3 N–H and O–H groups in total. The molecule has 6 heteroatoms. The second-order valence-electron chi connectivity index (χ2n) is 3.98. The van der Waals surface area contributed by atoms with Crippen LogP contribution in [0.3, 0.4) is 0 Å². The SMILES string of the molecule is Cc1ncc(CNc2cccc(OCC(N)=O)c2)s1. The van der Waals surface area contributed by atoms with E-state index in [9.17, 15) is 4.79 Å². The summed E-state index contributed by atoms with van der Waals surface area (Å²) in [7, 11) is 0. The summed E-state index contributed by atoms with van der Waals surface area (Å²) in [6, 6.07) is 7.41. The molecule has 2 aromatic rings. The number of aromatic nitrogens is 1. The van der Waals surface area contributed by atoms with Gasteiger partial charge in [0.1, 0.15) is 5.75 Å². The summed E-state index contributed by atoms with van der Waals surface area (Å²) in [6.45, 7) is 2.58. The zero-order chi connectivity index (χ0) is 13.7. The van der Waals surface area contributed by atoms with Gasteiger partial charge in [-0.1, -0.05) is 6.07 Å². The van der Waals surface area contributed by atoms with E-state index in [1.807, 2.05) is 31.3 Å². The van der Waals surface area contributed by atoms with Crippen molar-refractivity contribution in [3.05, 3.63) is 40.3 Å². The fourth-order valence-corrected chi connectivity index (χ4v) is 2.26. The molecule has 100 valence electrons. The first-order valence-corrected chi connectivity index (χ1v) is 6.61. The van der Waals surface area contributed by atoms with Gasteiger partial charge in [0.2, 0.25) is 0 Å². The summed E-state index contributed by atoms with van der Waals surface area (Å²) >= 11 is 1.66. The molecule has 0 spiro atoms. The average molecular weight is 277 g/mol. The largest absolute Gasteiger partial charge is 0.484 e. The van der Waals surface area contributed by atoms with Gasteiger partial charge in [-0.15, -0.1) is 11.3 Å². The Morgan fingerprint density at radius 1 is 1.53 bits per heavy atom. The van der Waals surface area contributed by atoms with E-state index in [4.69, 9.17) is 10.5 Å². The van der Waals surface area contributed by atoms with Crippen LogP contribution in [-0.2, 0) is 11.3 Å². The Balaban J connectivity index is 1.93. The Hall–Kier alpha value is -2.08. The quantitative estimate of drug-likeness (QED) is 0.845. The Morgan fingerprint density at radius 3 is 3.05 bits per heavy atom. The Labute approximate surface area is 115 Å². The molecule has 0 radical (unpaired) electrons. The Morgan fingerprint density at radius 2 is 2.37 bits per heavy atom. The topological polar surface area (TPSA) is 77.2 Å². The van der Waals surface area contributed by atoms with Crippen molar-refractivity contribution >= 4 is 22.9 Å². The Bertz CT molecular complexity index is 569. The van der Waals surface area contributed by atoms with E-state index in [2.05, 4.69) is 10.3 Å². The van der Waals surface area contributed by atoms with Crippen LogP contribution in [0.1, 0.15) is 9.88 Å². The van der Waals surface area contributed by atoms with Gasteiger partial charge < -0.3 is 15.8 Å². The highest BCUT2D eigenvalue weighted by atomic mass is 32.1. The molecule has 0 saturated heterocycles. The highest BCUT2D eigenvalue weighted by Crippen LogP contribution is 2.19. The fourth-order valence-electron chi connectivity index (χ4n) is 1.53. The van der Waals surface area contributed by atoms with Gasteiger partial charge in [0.25, 0.3) is 5.91 Å². The number of anilines is 1. The van der Waals surface area contributed by atoms with Crippen molar-refractivity contribution in [3.8, 4) is 5.75 Å². The van der Waals surface area contributed by atoms with E-state index in [1.165, 1.54) is 4.88 Å². The number of benzene rings is 1. The molecule has 0 aliphatic carbocycles. The van der Waals surface area contributed by atoms with Crippen LogP contribution in [0.25, 0.3) is 0 Å². The van der Waals surface area contributed by atoms with Crippen molar-refractivity contribution in [1.82, 2.24) is 4.98 Å². The number of nitrogens with two attached hydrogens (primary N) is 1. The number of rotatable bonds is 6. The number of carbonyl (C=O) groups excluding carboxylic acids is 1. The molecule has 2 rings (SSSR count). The zero-order valence-electron chi connectivity index (χ0n) is 10.6. The van der Waals surface area contributed by atoms with Gasteiger partial charge in [0.15, 0.2) is 6.61 Å². The molecule has 19 heavy (non-hydrogen) atoms. The van der Waals surface area contributed by atoms with Crippen molar-refractivity contribution in [2.75, 3.05) is 11.9 Å². The number of primary amides is 1. The number of thiazole rings is 1. The fraction of sp³-hybridized carbons (Fsp3) is 0.231. The van der Waals surface area contributed by atoms with Gasteiger partial charge in [-0.3, -0.25) is 4.79 Å². The number of hydrogen-bond acceptors (Lipinski definition) is 5. The van der Waals surface area contributed by atoms with Crippen LogP contribution in [0, 0.1) is 6.92 Å². The number of carbonyl (C=O) groups is 1. The molecule has 1 amide bonds. The first kappa shape index (κ1) is 13.4. The Kier molecular flexibility index (Phi) is 4.35. The van der Waals surface area contributed by atoms with Crippen LogP contribution in [0.2, 0.25) is 0 Å². The van der Waals surface area contributed by atoms with Crippen LogP contribution in [0.5, 0.6) is 5.75 Å². The minimum absolute atomic E-state index is 0.114. The predicted octanol–water partition coefficient (Wildman–Crippen LogP) is 1.93. The van der Waals surface area contributed by atoms with Gasteiger partial charge in [-0.05, 0) is 19.1 Å². The van der Waals surface area contributed by atoms with Crippen molar-refractivity contribution in [3.63, 3.8) is 0 Å². The third-order valence-electron chi connectivity index (χ3n) is 2.35. The molecule has 0 bridgehead atoms. The summed E-state index contributed by atoms with van der Waals surface area (Å²) in [4.78, 5) is 16.0. The minimum Gasteiger partial charge on any atom is -0.484 e. The summed E-state index contributed by atoms with van der Waals surface area (Å²) in [5, 5.41) is 4.33. The number of ether oxygens (including phenoxy) is 1. The molecule has 0 atom stereocenters. The summed E-state index contributed by atoms with van der Waals surface area (Å²) in [5.74, 6) is 0.128. The van der Waals surface area contributed by atoms with Gasteiger partial charge in [0.05, 0.1) is 11.6 Å². The third kappa shape index (κ3) is 4.26. The van der Waals surface area contributed by atoms with Crippen molar-refractivity contribution in [1.29, 1.82) is 0 Å². The minimum atomic E-state index is -0.488. The normalized spacial score (nSPS) is 10.2. The standard InChI is InChI=1S/C13H15N3O2S/c1-9-15-6-12(19-9)7-16-10-3-2-4-11(5-10)18-8-13(14)17/h2-6,16H,7-8H2,1H3,(H2,14,17). The van der Waals surface area contributed by atoms with E-state index in [0.29, 0.717) is 12.3 Å². The van der Waals surface area contributed by atoms with E-state index >= 15 is 0 Å². The predicted molar refractivity (Wildman–Crippen MR) is 75.3 cm³/mol. The maximum absolute atomic E-state index is 10.6. The zero-order valence-corrected chi connectivity index (χ0v) is 11.4. The van der Waals surface area contributed by atoms with Crippen molar-refractivity contribution < 1.29 is 9.53 Å². The monoisotopic (exact) mass is 277 g/mol. The highest BCUT2D eigenvalue weighted by molar-refractivity contribution is 7.11. The highest BCUT2D eigenvalue weighted by Gasteiger charge is 2.01. The molecule has 1 aromatic carbocycles. The molecule has 0 saturated carbocycles. The van der Waals surface area contributed by atoms with Crippen molar-refractivity contribution in [2.45, 2.75) is 13.5 Å². The molecule has 5 nitrogen and oxygen atoms in total. The molecule has 1 aromatic heterocycles. The molecular weight excluding hydrogens is 262 g/mol. The lowest BCUT2D eigenvalue weighted by atomic mass is 10.3. The molecule has 0 fully saturated rings. The first-order valence-electron chi connectivity index (χ1n) is 5.80. The van der Waals surface area contributed by atoms with E-state index in [-0.39, 0.29) is 6.61 Å². The van der Waals surface area contributed by atoms with E-state index in [1.54, 1.807) is 17.4 Å². The van der Waals surface area contributed by atoms with Crippen LogP contribution in [-0.4, -0.2) is 17.5 Å². The number of aryl methyl sites for hydroxylation is 1. The maximum atomic E-state index is 10.6. The lowest BCUT2D eigenvalue weighted by molar-refractivity contribution is -0.119. The summed E-state index contributed by atoms with van der Waals surface area (Å²) < 4.78 is 5.24. The van der Waals surface area contributed by atoms with Gasteiger partial charge >= 0.3 is 0 Å². The van der Waals surface area contributed by atoms with E-state index < -0.39 is 5.91 Å². The van der Waals surface area contributed by atoms with Crippen molar-refractivity contribution in [2.24, 2.45) is 5.73 Å². The van der Waals surface area contributed by atoms with Gasteiger partial charge in [-0.2, -0.15) is 0 Å². The third-order valence-corrected chi connectivity index (χ3v) is 3.26. The van der Waals surface area contributed by atoms with Crippen LogP contribution < -0.4 is 15.8 Å². The lowest BCUT2D eigenvalue weighted by Crippen LogP contribution is -2.20. The molecule has 0 aliphatic heterocycles. The molecule has 0 aliphatic rings. The maximum Gasteiger partial charge on any atom is 0.255 e. The lowest BCUT2D eigenvalue weighted by Gasteiger charge is -2.08. The second-order valence-corrected chi connectivity index (χ2v) is 5.30. The van der Waals surface area contributed by atoms with Crippen LogP contribution in [0.15, 0.2) is 30.5 Å². The number of nitrogens with one attached hydrogen (secondary N) is 1. The molecular formula is C13H15N3O2S. The second kappa shape index (κ2) is 6.19. The van der Waals surface area contributed by atoms with Crippen LogP contribution in [0.4, 0.5) is 5.69 Å². The van der Waals surface area contributed by atoms with Crippen LogP contribution >= 0.6 is 11.3 Å². The number of hydrogen-bond donors (Lipinski definition) is 2. The van der Waals surface area contributed by atoms with Gasteiger partial charge in [-0.25, -0.2) is 4.98 Å². The number of nitrogens with zero attached hydrogens (tertiary/aromatic N) is 1. The smallest absolute Gasteiger partial charge is 0.255 e. The number of amides is 1. The van der Waals surface area contributed by atoms with E-state index in [0.717, 1.165) is 10.7 Å². The summed E-state index contributed by atoms with van der Waals surface area (Å²) in [6.07, 6.45) is 1.86. The first-order chi connectivity index (χ1) is 9.13. The molecule has 0 unspecified atom stereocenters. The van der Waals surface area contributed by atoms with Gasteiger partial charge in [0, 0.05) is 22.8 Å².